The van der Waals surface area contributed by atoms with Gasteiger partial charge in [-0.15, -0.1) is 5.10 Å². The second-order valence-electron chi connectivity index (χ2n) is 5.49. The number of hydrogen-bond donors (Lipinski definition) is 1. The minimum absolute atomic E-state index is 0.220. The number of ether oxygens (including phenoxy) is 1. The van der Waals surface area contributed by atoms with Crippen molar-refractivity contribution in [2.75, 3.05) is 6.61 Å². The van der Waals surface area contributed by atoms with E-state index in [-0.39, 0.29) is 11.7 Å². The van der Waals surface area contributed by atoms with Crippen LogP contribution in [0.25, 0.3) is 5.65 Å². The van der Waals surface area contributed by atoms with Gasteiger partial charge in [0.2, 0.25) is 0 Å². The van der Waals surface area contributed by atoms with E-state index in [2.05, 4.69) is 29.1 Å². The van der Waals surface area contributed by atoms with Crippen molar-refractivity contribution in [3.8, 4) is 5.75 Å². The third-order valence-electron chi connectivity index (χ3n) is 3.65. The molecule has 0 aliphatic carbocycles. The Morgan fingerprint density at radius 3 is 2.78 bits per heavy atom. The van der Waals surface area contributed by atoms with Gasteiger partial charge in [0.05, 0.1) is 12.8 Å². The number of aromatic nitrogens is 3. The average molecular weight is 311 g/mol. The Morgan fingerprint density at radius 1 is 1.35 bits per heavy atom. The van der Waals surface area contributed by atoms with Crippen molar-refractivity contribution < 1.29 is 14.6 Å². The molecule has 0 unspecified atom stereocenters. The Kier molecular flexibility index (Phi) is 3.97. The molecular formula is C17H17N3O3. The van der Waals surface area contributed by atoms with Crippen LogP contribution in [0, 0.1) is 6.92 Å². The van der Waals surface area contributed by atoms with Crippen LogP contribution in [0.15, 0.2) is 42.6 Å². The number of fused-ring (bicyclic) bond motifs is 1. The van der Waals surface area contributed by atoms with Gasteiger partial charge in [-0.25, -0.2) is 14.3 Å². The molecule has 23 heavy (non-hydrogen) atoms. The Morgan fingerprint density at radius 2 is 2.09 bits per heavy atom. The SMILES string of the molecule is Cc1cc(OC[C@H](C)c2ccccc2)cn2nc(C(=O)O)nc12. The lowest BCUT2D eigenvalue weighted by Crippen LogP contribution is -2.07. The normalized spacial score (nSPS) is 12.3. The van der Waals surface area contributed by atoms with E-state index in [4.69, 9.17) is 9.84 Å². The van der Waals surface area contributed by atoms with Crippen LogP contribution in [-0.2, 0) is 0 Å². The maximum atomic E-state index is 11.0. The Labute approximate surface area is 133 Å². The number of carbonyl (C=O) groups is 1. The quantitative estimate of drug-likeness (QED) is 0.784. The first kappa shape index (κ1) is 15.0. The van der Waals surface area contributed by atoms with Crippen molar-refractivity contribution in [3.63, 3.8) is 0 Å². The lowest BCUT2D eigenvalue weighted by molar-refractivity contribution is 0.0684. The van der Waals surface area contributed by atoms with Crippen LogP contribution in [0.1, 0.15) is 34.6 Å². The van der Waals surface area contributed by atoms with Crippen LogP contribution < -0.4 is 4.74 Å². The van der Waals surface area contributed by atoms with E-state index in [1.165, 1.54) is 10.1 Å². The van der Waals surface area contributed by atoms with Crippen molar-refractivity contribution in [1.29, 1.82) is 0 Å². The second kappa shape index (κ2) is 6.08. The van der Waals surface area contributed by atoms with Crippen molar-refractivity contribution in [1.82, 2.24) is 14.6 Å². The zero-order chi connectivity index (χ0) is 16.4. The predicted octanol–water partition coefficient (Wildman–Crippen LogP) is 2.92. The highest BCUT2D eigenvalue weighted by atomic mass is 16.5. The lowest BCUT2D eigenvalue weighted by Gasteiger charge is -2.14. The number of benzene rings is 1. The van der Waals surface area contributed by atoms with E-state index in [0.29, 0.717) is 18.0 Å². The summed E-state index contributed by atoms with van der Waals surface area (Å²) in [6.45, 7) is 4.47. The second-order valence-corrected chi connectivity index (χ2v) is 5.49. The highest BCUT2D eigenvalue weighted by molar-refractivity contribution is 5.83. The van der Waals surface area contributed by atoms with E-state index >= 15 is 0 Å². The van der Waals surface area contributed by atoms with E-state index in [0.717, 1.165) is 5.56 Å². The highest BCUT2D eigenvalue weighted by Gasteiger charge is 2.14. The summed E-state index contributed by atoms with van der Waals surface area (Å²) in [5.74, 6) is -0.478. The van der Waals surface area contributed by atoms with E-state index < -0.39 is 5.97 Å². The zero-order valence-corrected chi connectivity index (χ0v) is 12.9. The Hall–Kier alpha value is -2.89. The molecule has 2 heterocycles. The van der Waals surface area contributed by atoms with Gasteiger partial charge in [0.15, 0.2) is 5.65 Å². The first-order valence-electron chi connectivity index (χ1n) is 7.32. The van der Waals surface area contributed by atoms with Gasteiger partial charge in [0, 0.05) is 5.92 Å². The minimum Gasteiger partial charge on any atom is -0.491 e. The Balaban J connectivity index is 1.79. The third-order valence-corrected chi connectivity index (χ3v) is 3.65. The molecule has 1 atom stereocenters. The molecule has 0 fully saturated rings. The predicted molar refractivity (Wildman–Crippen MR) is 85.0 cm³/mol. The fourth-order valence-corrected chi connectivity index (χ4v) is 2.39. The number of carboxylic acid groups (broad SMARTS) is 1. The number of aryl methyl sites for hydroxylation is 1. The summed E-state index contributed by atoms with van der Waals surface area (Å²) in [5, 5.41) is 12.9. The standard InChI is InChI=1S/C17H17N3O3/c1-11-8-14(9-20-16(11)18-15(19-20)17(21)22)23-10-12(2)13-6-4-3-5-7-13/h3-9,12H,10H2,1-2H3,(H,21,22)/t12-/m0/s1. The molecule has 0 aliphatic heterocycles. The maximum absolute atomic E-state index is 11.0. The van der Waals surface area contributed by atoms with Gasteiger partial charge in [0.25, 0.3) is 5.82 Å². The van der Waals surface area contributed by atoms with Crippen molar-refractivity contribution in [3.05, 3.63) is 59.5 Å². The van der Waals surface area contributed by atoms with Gasteiger partial charge < -0.3 is 9.84 Å². The van der Waals surface area contributed by atoms with E-state index in [9.17, 15) is 4.79 Å². The van der Waals surface area contributed by atoms with Gasteiger partial charge in [0.1, 0.15) is 5.75 Å². The van der Waals surface area contributed by atoms with Crippen LogP contribution in [0.2, 0.25) is 0 Å². The molecule has 3 aromatic rings. The molecule has 1 aromatic carbocycles. The monoisotopic (exact) mass is 311 g/mol. The smallest absolute Gasteiger partial charge is 0.375 e. The number of pyridine rings is 1. The molecule has 118 valence electrons. The van der Waals surface area contributed by atoms with Crippen LogP contribution in [-0.4, -0.2) is 32.3 Å². The summed E-state index contributed by atoms with van der Waals surface area (Å²) in [4.78, 5) is 15.0. The van der Waals surface area contributed by atoms with Crippen LogP contribution in [0.4, 0.5) is 0 Å². The summed E-state index contributed by atoms with van der Waals surface area (Å²) < 4.78 is 7.29. The number of carboxylic acids is 1. The number of aromatic carboxylic acids is 1. The van der Waals surface area contributed by atoms with E-state index in [1.807, 2.05) is 31.2 Å². The lowest BCUT2D eigenvalue weighted by atomic mass is 10.0. The minimum atomic E-state index is -1.15. The summed E-state index contributed by atoms with van der Waals surface area (Å²) in [6, 6.07) is 12.0. The van der Waals surface area contributed by atoms with Crippen molar-refractivity contribution >= 4 is 11.6 Å². The third kappa shape index (κ3) is 3.15. The molecule has 0 saturated heterocycles. The van der Waals surface area contributed by atoms with Crippen molar-refractivity contribution in [2.24, 2.45) is 0 Å². The van der Waals surface area contributed by atoms with Gasteiger partial charge in [-0.05, 0) is 24.1 Å². The molecule has 6 nitrogen and oxygen atoms in total. The van der Waals surface area contributed by atoms with Gasteiger partial charge >= 0.3 is 5.97 Å². The van der Waals surface area contributed by atoms with Gasteiger partial charge in [-0.2, -0.15) is 0 Å². The topological polar surface area (TPSA) is 76.7 Å². The fraction of sp³-hybridized carbons (Fsp3) is 0.235. The van der Waals surface area contributed by atoms with Gasteiger partial charge in [-0.3, -0.25) is 0 Å². The molecule has 1 N–H and O–H groups in total. The largest absolute Gasteiger partial charge is 0.491 e. The molecule has 0 radical (unpaired) electrons. The van der Waals surface area contributed by atoms with Gasteiger partial charge in [-0.1, -0.05) is 37.3 Å². The Bertz CT molecular complexity index is 843. The number of nitrogens with zero attached hydrogens (tertiary/aromatic N) is 3. The van der Waals surface area contributed by atoms with Crippen LogP contribution in [0.5, 0.6) is 5.75 Å². The highest BCUT2D eigenvalue weighted by Crippen LogP contribution is 2.20. The zero-order valence-electron chi connectivity index (χ0n) is 12.9. The van der Waals surface area contributed by atoms with Crippen LogP contribution in [0.3, 0.4) is 0 Å². The number of hydrogen-bond acceptors (Lipinski definition) is 4. The summed E-state index contributed by atoms with van der Waals surface area (Å²) >= 11 is 0. The summed E-state index contributed by atoms with van der Waals surface area (Å²) in [5.41, 5.74) is 2.54. The van der Waals surface area contributed by atoms with Crippen LogP contribution >= 0.6 is 0 Å². The molecule has 0 spiro atoms. The number of rotatable bonds is 5. The molecule has 0 saturated carbocycles. The molecule has 2 aromatic heterocycles. The summed E-state index contributed by atoms with van der Waals surface area (Å²) in [6.07, 6.45) is 1.65. The van der Waals surface area contributed by atoms with Crippen molar-refractivity contribution in [2.45, 2.75) is 19.8 Å². The molecule has 3 rings (SSSR count). The molecule has 0 bridgehead atoms. The average Bonchev–Trinajstić information content (AvgIpc) is 2.98. The fourth-order valence-electron chi connectivity index (χ4n) is 2.39. The summed E-state index contributed by atoms with van der Waals surface area (Å²) in [7, 11) is 0. The first-order valence-corrected chi connectivity index (χ1v) is 7.32. The maximum Gasteiger partial charge on any atom is 0.375 e. The molecular weight excluding hydrogens is 294 g/mol. The molecule has 6 heteroatoms. The van der Waals surface area contributed by atoms with E-state index in [1.54, 1.807) is 6.20 Å². The molecule has 0 amide bonds. The molecule has 0 aliphatic rings. The first-order chi connectivity index (χ1) is 11.0.